The van der Waals surface area contributed by atoms with Crippen molar-refractivity contribution in [2.75, 3.05) is 0 Å². The number of ether oxygens (including phenoxy) is 1. The fraction of sp³-hybridized carbons (Fsp3) is 0.0645. The topological polar surface area (TPSA) is 53.7 Å². The van der Waals surface area contributed by atoms with Crippen LogP contribution in [0.15, 0.2) is 102 Å². The van der Waals surface area contributed by atoms with Crippen LogP contribution in [-0.4, -0.2) is 15.0 Å². The summed E-state index contributed by atoms with van der Waals surface area (Å²) in [6, 6.07) is 32.7. The lowest BCUT2D eigenvalue weighted by molar-refractivity contribution is 0.483. The predicted octanol–water partition coefficient (Wildman–Crippen LogP) is 9.06. The van der Waals surface area contributed by atoms with E-state index in [-0.39, 0.29) is 0 Å². The Labute approximate surface area is 218 Å². The molecule has 2 N–H and O–H groups in total. The van der Waals surface area contributed by atoms with Crippen molar-refractivity contribution in [1.82, 2.24) is 15.0 Å². The average molecular weight is 534 g/mol. The van der Waals surface area contributed by atoms with E-state index in [2.05, 4.69) is 88.3 Å². The minimum atomic E-state index is 0.787. The van der Waals surface area contributed by atoms with Crippen molar-refractivity contribution in [3.63, 3.8) is 0 Å². The van der Waals surface area contributed by atoms with Gasteiger partial charge in [0, 0.05) is 37.8 Å². The van der Waals surface area contributed by atoms with Crippen molar-refractivity contribution in [2.24, 2.45) is 0 Å². The second-order valence-corrected chi connectivity index (χ2v) is 9.85. The van der Waals surface area contributed by atoms with Gasteiger partial charge >= 0.3 is 0 Å². The molecule has 0 saturated carbocycles. The van der Waals surface area contributed by atoms with Gasteiger partial charge in [-0.1, -0.05) is 64.0 Å². The lowest BCUT2D eigenvalue weighted by Crippen LogP contribution is -1.86. The summed E-state index contributed by atoms with van der Waals surface area (Å²) in [4.78, 5) is 12.3. The Morgan fingerprint density at radius 3 is 2.17 bits per heavy atom. The SMILES string of the molecule is Cc1ccc(-c2[nH]c(-c3c(C)[nH]c4ccc(Br)cc34)nc2-c2ccc(Oc3ccccc3)cc2)cc1. The molecule has 0 atom stereocenters. The number of rotatable bonds is 5. The minimum Gasteiger partial charge on any atom is -0.457 e. The molecule has 0 radical (unpaired) electrons. The summed E-state index contributed by atoms with van der Waals surface area (Å²) in [6.07, 6.45) is 0. The maximum atomic E-state index is 6.00. The molecule has 36 heavy (non-hydrogen) atoms. The summed E-state index contributed by atoms with van der Waals surface area (Å²) in [7, 11) is 0. The van der Waals surface area contributed by atoms with E-state index in [4.69, 9.17) is 9.72 Å². The van der Waals surface area contributed by atoms with Crippen molar-refractivity contribution in [1.29, 1.82) is 0 Å². The van der Waals surface area contributed by atoms with Crippen LogP contribution in [0.25, 0.3) is 44.8 Å². The molecular weight excluding hydrogens is 510 g/mol. The molecule has 0 spiro atoms. The molecule has 0 bridgehead atoms. The highest BCUT2D eigenvalue weighted by atomic mass is 79.9. The molecule has 5 heteroatoms. The van der Waals surface area contributed by atoms with E-state index in [1.165, 1.54) is 5.56 Å². The van der Waals surface area contributed by atoms with Gasteiger partial charge in [-0.3, -0.25) is 0 Å². The average Bonchev–Trinajstić information content (AvgIpc) is 3.46. The van der Waals surface area contributed by atoms with Crippen LogP contribution in [0.2, 0.25) is 0 Å². The van der Waals surface area contributed by atoms with Crippen molar-refractivity contribution >= 4 is 26.8 Å². The molecule has 0 unspecified atom stereocenters. The van der Waals surface area contributed by atoms with E-state index in [1.807, 2.05) is 48.5 Å². The van der Waals surface area contributed by atoms with Gasteiger partial charge in [-0.25, -0.2) is 4.98 Å². The monoisotopic (exact) mass is 533 g/mol. The first kappa shape index (κ1) is 22.4. The van der Waals surface area contributed by atoms with Gasteiger partial charge in [0.05, 0.1) is 11.4 Å². The molecule has 0 saturated heterocycles. The number of nitrogens with zero attached hydrogens (tertiary/aromatic N) is 1. The molecule has 2 heterocycles. The Balaban J connectivity index is 1.46. The summed E-state index contributed by atoms with van der Waals surface area (Å²) in [5.41, 5.74) is 8.47. The van der Waals surface area contributed by atoms with Crippen LogP contribution < -0.4 is 4.74 Å². The van der Waals surface area contributed by atoms with Crippen LogP contribution in [0.4, 0.5) is 0 Å². The fourth-order valence-corrected chi connectivity index (χ4v) is 4.90. The fourth-order valence-electron chi connectivity index (χ4n) is 4.54. The van der Waals surface area contributed by atoms with E-state index in [9.17, 15) is 0 Å². The lowest BCUT2D eigenvalue weighted by atomic mass is 10.0. The number of imidazole rings is 1. The maximum Gasteiger partial charge on any atom is 0.140 e. The van der Waals surface area contributed by atoms with E-state index in [0.29, 0.717) is 0 Å². The number of aryl methyl sites for hydroxylation is 2. The summed E-state index contributed by atoms with van der Waals surface area (Å²) in [5, 5.41) is 1.13. The zero-order chi connectivity index (χ0) is 24.6. The maximum absolute atomic E-state index is 6.00. The molecule has 4 aromatic carbocycles. The second-order valence-electron chi connectivity index (χ2n) is 8.93. The summed E-state index contributed by atoms with van der Waals surface area (Å²) < 4.78 is 7.04. The van der Waals surface area contributed by atoms with E-state index < -0.39 is 0 Å². The zero-order valence-corrected chi connectivity index (χ0v) is 21.6. The molecule has 0 aliphatic heterocycles. The Bertz CT molecular complexity index is 1660. The third kappa shape index (κ3) is 4.23. The molecule has 176 valence electrons. The third-order valence-corrected chi connectivity index (χ3v) is 6.83. The molecule has 2 aromatic heterocycles. The Morgan fingerprint density at radius 2 is 1.42 bits per heavy atom. The second kappa shape index (κ2) is 9.17. The van der Waals surface area contributed by atoms with Crippen molar-refractivity contribution in [3.05, 3.63) is 113 Å². The highest BCUT2D eigenvalue weighted by Gasteiger charge is 2.19. The van der Waals surface area contributed by atoms with Gasteiger partial charge in [0.15, 0.2) is 0 Å². The van der Waals surface area contributed by atoms with Gasteiger partial charge in [-0.15, -0.1) is 0 Å². The smallest absolute Gasteiger partial charge is 0.140 e. The summed E-state index contributed by atoms with van der Waals surface area (Å²) in [5.74, 6) is 2.44. The standard InChI is InChI=1S/C31H24BrN3O/c1-19-8-10-21(11-9-19)29-30(22-12-15-25(16-13-22)36-24-6-4-3-5-7-24)35-31(34-29)28-20(2)33-27-17-14-23(32)18-26(27)28/h3-18,33H,1-2H3,(H,34,35). The van der Waals surface area contributed by atoms with Crippen LogP contribution >= 0.6 is 15.9 Å². The number of nitrogens with one attached hydrogen (secondary N) is 2. The van der Waals surface area contributed by atoms with Gasteiger partial charge in [-0.05, 0) is 68.4 Å². The molecule has 0 aliphatic rings. The molecule has 0 aliphatic carbocycles. The molecule has 6 rings (SSSR count). The number of aromatic amines is 2. The first-order valence-electron chi connectivity index (χ1n) is 11.8. The van der Waals surface area contributed by atoms with Crippen molar-refractivity contribution in [2.45, 2.75) is 13.8 Å². The normalized spacial score (nSPS) is 11.2. The number of fused-ring (bicyclic) bond motifs is 1. The summed E-state index contributed by atoms with van der Waals surface area (Å²) in [6.45, 7) is 4.19. The molecule has 0 fully saturated rings. The molecule has 6 aromatic rings. The quantitative estimate of drug-likeness (QED) is 0.232. The van der Waals surface area contributed by atoms with Gasteiger partial charge < -0.3 is 14.7 Å². The lowest BCUT2D eigenvalue weighted by Gasteiger charge is -2.07. The van der Waals surface area contributed by atoms with E-state index in [1.54, 1.807) is 0 Å². The molecule has 0 amide bonds. The highest BCUT2D eigenvalue weighted by Crippen LogP contribution is 2.38. The first-order valence-corrected chi connectivity index (χ1v) is 12.6. The third-order valence-electron chi connectivity index (χ3n) is 6.34. The van der Waals surface area contributed by atoms with Crippen molar-refractivity contribution in [3.8, 4) is 45.4 Å². The Hall–Kier alpha value is -4.09. The number of aromatic nitrogens is 3. The van der Waals surface area contributed by atoms with Crippen molar-refractivity contribution < 1.29 is 4.74 Å². The largest absolute Gasteiger partial charge is 0.457 e. The number of para-hydroxylation sites is 1. The Morgan fingerprint density at radius 1 is 0.722 bits per heavy atom. The number of hydrogen-bond donors (Lipinski definition) is 2. The molecular formula is C31H24BrN3O. The number of hydrogen-bond acceptors (Lipinski definition) is 2. The Kier molecular flexibility index (Phi) is 5.70. The van der Waals surface area contributed by atoms with Gasteiger partial charge in [0.1, 0.15) is 17.3 Å². The van der Waals surface area contributed by atoms with E-state index >= 15 is 0 Å². The number of H-pyrrole nitrogens is 2. The van der Waals surface area contributed by atoms with Crippen LogP contribution in [-0.2, 0) is 0 Å². The summed E-state index contributed by atoms with van der Waals surface area (Å²) >= 11 is 3.62. The predicted molar refractivity (Wildman–Crippen MR) is 150 cm³/mol. The van der Waals surface area contributed by atoms with E-state index in [0.717, 1.165) is 66.5 Å². The minimum absolute atomic E-state index is 0.787. The van der Waals surface area contributed by atoms with Crippen LogP contribution in [0.5, 0.6) is 11.5 Å². The highest BCUT2D eigenvalue weighted by molar-refractivity contribution is 9.10. The number of halogens is 1. The van der Waals surface area contributed by atoms with Gasteiger partial charge in [-0.2, -0.15) is 0 Å². The van der Waals surface area contributed by atoms with Gasteiger partial charge in [0.25, 0.3) is 0 Å². The molecule has 4 nitrogen and oxygen atoms in total. The van der Waals surface area contributed by atoms with Crippen LogP contribution in [0.1, 0.15) is 11.3 Å². The first-order chi connectivity index (χ1) is 17.5. The number of benzene rings is 4. The zero-order valence-electron chi connectivity index (χ0n) is 20.0. The van der Waals surface area contributed by atoms with Gasteiger partial charge in [0.2, 0.25) is 0 Å². The van der Waals surface area contributed by atoms with Crippen LogP contribution in [0, 0.1) is 13.8 Å². The van der Waals surface area contributed by atoms with Crippen LogP contribution in [0.3, 0.4) is 0 Å².